The predicted octanol–water partition coefficient (Wildman–Crippen LogP) is 2.83. The number of aromatic nitrogens is 2. The SMILES string of the molecule is O=C(Nc1cnn(CC2CCCO2)c1)c1cc([N+](=O)[O-])ccc1I. The topological polar surface area (TPSA) is 99.3 Å². The van der Waals surface area contributed by atoms with Gasteiger partial charge in [-0.25, -0.2) is 0 Å². The Balaban J connectivity index is 1.69. The molecule has 0 aliphatic carbocycles. The highest BCUT2D eigenvalue weighted by molar-refractivity contribution is 14.1. The van der Waals surface area contributed by atoms with Gasteiger partial charge in [-0.2, -0.15) is 5.10 Å². The Morgan fingerprint density at radius 2 is 2.38 bits per heavy atom. The number of hydrogen-bond acceptors (Lipinski definition) is 5. The van der Waals surface area contributed by atoms with E-state index in [2.05, 4.69) is 10.4 Å². The highest BCUT2D eigenvalue weighted by Gasteiger charge is 2.18. The Bertz CT molecular complexity index is 771. The van der Waals surface area contributed by atoms with Crippen LogP contribution in [0.25, 0.3) is 0 Å². The summed E-state index contributed by atoms with van der Waals surface area (Å²) in [6.07, 6.45) is 5.50. The second kappa shape index (κ2) is 7.26. The van der Waals surface area contributed by atoms with Crippen molar-refractivity contribution in [2.75, 3.05) is 11.9 Å². The third-order valence-corrected chi connectivity index (χ3v) is 4.65. The first kappa shape index (κ1) is 16.8. The molecule has 1 atom stereocenters. The first-order valence-corrected chi connectivity index (χ1v) is 8.50. The molecular weight excluding hydrogens is 427 g/mol. The number of ether oxygens (including phenoxy) is 1. The van der Waals surface area contributed by atoms with Crippen LogP contribution >= 0.6 is 22.6 Å². The second-order valence-corrected chi connectivity index (χ2v) is 6.62. The molecule has 2 aromatic rings. The number of non-ortho nitro benzene ring substituents is 1. The maximum atomic E-state index is 12.4. The molecule has 0 bridgehead atoms. The molecule has 8 nitrogen and oxygen atoms in total. The maximum Gasteiger partial charge on any atom is 0.270 e. The van der Waals surface area contributed by atoms with Crippen molar-refractivity contribution in [3.63, 3.8) is 0 Å². The number of nitrogens with zero attached hydrogens (tertiary/aromatic N) is 3. The molecule has 2 heterocycles. The van der Waals surface area contributed by atoms with Gasteiger partial charge < -0.3 is 10.1 Å². The van der Waals surface area contributed by atoms with Gasteiger partial charge in [-0.05, 0) is 41.5 Å². The minimum Gasteiger partial charge on any atom is -0.376 e. The summed E-state index contributed by atoms with van der Waals surface area (Å²) in [7, 11) is 0. The minimum absolute atomic E-state index is 0.116. The molecule has 1 aliphatic heterocycles. The largest absolute Gasteiger partial charge is 0.376 e. The van der Waals surface area contributed by atoms with E-state index in [-0.39, 0.29) is 17.4 Å². The number of carbonyl (C=O) groups is 1. The third kappa shape index (κ3) is 3.90. The predicted molar refractivity (Wildman–Crippen MR) is 95.0 cm³/mol. The van der Waals surface area contributed by atoms with Crippen molar-refractivity contribution in [2.45, 2.75) is 25.5 Å². The molecule has 1 unspecified atom stereocenters. The first-order valence-electron chi connectivity index (χ1n) is 7.42. The lowest BCUT2D eigenvalue weighted by molar-refractivity contribution is -0.384. The number of carbonyl (C=O) groups excluding carboxylic acids is 1. The van der Waals surface area contributed by atoms with Crippen molar-refractivity contribution in [3.05, 3.63) is 49.8 Å². The fourth-order valence-electron chi connectivity index (χ4n) is 2.52. The molecule has 24 heavy (non-hydrogen) atoms. The number of nitrogens with one attached hydrogen (secondary N) is 1. The van der Waals surface area contributed by atoms with Crippen molar-refractivity contribution in [1.82, 2.24) is 9.78 Å². The Morgan fingerprint density at radius 1 is 1.54 bits per heavy atom. The van der Waals surface area contributed by atoms with Crippen LogP contribution in [-0.2, 0) is 11.3 Å². The lowest BCUT2D eigenvalue weighted by atomic mass is 10.2. The van der Waals surface area contributed by atoms with Crippen LogP contribution in [0.15, 0.2) is 30.6 Å². The minimum atomic E-state index is -0.521. The molecule has 1 fully saturated rings. The fraction of sp³-hybridized carbons (Fsp3) is 0.333. The van der Waals surface area contributed by atoms with Crippen molar-refractivity contribution in [1.29, 1.82) is 0 Å². The van der Waals surface area contributed by atoms with Crippen LogP contribution in [0, 0.1) is 13.7 Å². The number of nitro groups is 1. The number of hydrogen-bond donors (Lipinski definition) is 1. The Morgan fingerprint density at radius 3 is 3.08 bits per heavy atom. The number of amides is 1. The average Bonchev–Trinajstić information content (AvgIpc) is 3.20. The summed E-state index contributed by atoms with van der Waals surface area (Å²) in [6.45, 7) is 1.42. The van der Waals surface area contributed by atoms with Crippen LogP contribution in [0.3, 0.4) is 0 Å². The monoisotopic (exact) mass is 442 g/mol. The van der Waals surface area contributed by atoms with Crippen molar-refractivity contribution < 1.29 is 14.5 Å². The fourth-order valence-corrected chi connectivity index (χ4v) is 3.10. The van der Waals surface area contributed by atoms with Crippen LogP contribution < -0.4 is 5.32 Å². The second-order valence-electron chi connectivity index (χ2n) is 5.46. The van der Waals surface area contributed by atoms with Gasteiger partial charge in [0.15, 0.2) is 0 Å². The van der Waals surface area contributed by atoms with Gasteiger partial charge >= 0.3 is 0 Å². The van der Waals surface area contributed by atoms with Gasteiger partial charge in [-0.3, -0.25) is 19.6 Å². The Hall–Kier alpha value is -2.01. The van der Waals surface area contributed by atoms with E-state index in [1.807, 2.05) is 22.6 Å². The molecule has 1 aromatic heterocycles. The molecular formula is C15H15IN4O4. The van der Waals surface area contributed by atoms with Gasteiger partial charge in [0.25, 0.3) is 11.6 Å². The van der Waals surface area contributed by atoms with Gasteiger partial charge in [-0.1, -0.05) is 0 Å². The van der Waals surface area contributed by atoms with Crippen LogP contribution in [0.4, 0.5) is 11.4 Å². The smallest absolute Gasteiger partial charge is 0.270 e. The average molecular weight is 442 g/mol. The highest BCUT2D eigenvalue weighted by atomic mass is 127. The van der Waals surface area contributed by atoms with E-state index >= 15 is 0 Å². The van der Waals surface area contributed by atoms with Gasteiger partial charge in [-0.15, -0.1) is 0 Å². The van der Waals surface area contributed by atoms with Crippen molar-refractivity contribution >= 4 is 39.9 Å². The zero-order chi connectivity index (χ0) is 17.1. The van der Waals surface area contributed by atoms with Gasteiger partial charge in [0.05, 0.1) is 35.0 Å². The maximum absolute atomic E-state index is 12.4. The molecule has 3 rings (SSSR count). The normalized spacial score (nSPS) is 17.0. The van der Waals surface area contributed by atoms with E-state index in [1.165, 1.54) is 12.1 Å². The van der Waals surface area contributed by atoms with Crippen LogP contribution in [0.1, 0.15) is 23.2 Å². The summed E-state index contributed by atoms with van der Waals surface area (Å²) in [5, 5.41) is 17.8. The first-order chi connectivity index (χ1) is 11.5. The third-order valence-electron chi connectivity index (χ3n) is 3.71. The molecule has 126 valence electrons. The molecule has 0 spiro atoms. The van der Waals surface area contributed by atoms with Crippen molar-refractivity contribution in [2.24, 2.45) is 0 Å². The van der Waals surface area contributed by atoms with Gasteiger partial charge in [0.2, 0.25) is 0 Å². The zero-order valence-corrected chi connectivity index (χ0v) is 14.8. The molecule has 0 saturated carbocycles. The molecule has 1 saturated heterocycles. The van der Waals surface area contributed by atoms with E-state index in [0.717, 1.165) is 19.4 Å². The van der Waals surface area contributed by atoms with E-state index < -0.39 is 10.8 Å². The molecule has 1 amide bonds. The molecule has 0 radical (unpaired) electrons. The number of halogens is 1. The van der Waals surface area contributed by atoms with E-state index in [0.29, 0.717) is 15.8 Å². The summed E-state index contributed by atoms with van der Waals surface area (Å²) < 4.78 is 7.92. The van der Waals surface area contributed by atoms with E-state index in [9.17, 15) is 14.9 Å². The molecule has 1 aromatic carbocycles. The summed E-state index contributed by atoms with van der Waals surface area (Å²) in [6, 6.07) is 4.19. The Kier molecular flexibility index (Phi) is 5.09. The highest BCUT2D eigenvalue weighted by Crippen LogP contribution is 2.21. The number of benzene rings is 1. The quantitative estimate of drug-likeness (QED) is 0.436. The van der Waals surface area contributed by atoms with Crippen LogP contribution in [0.2, 0.25) is 0 Å². The number of anilines is 1. The van der Waals surface area contributed by atoms with Crippen LogP contribution in [0.5, 0.6) is 0 Å². The van der Waals surface area contributed by atoms with E-state index in [4.69, 9.17) is 4.74 Å². The molecule has 1 N–H and O–H groups in total. The van der Waals surface area contributed by atoms with Gasteiger partial charge in [0, 0.05) is 28.5 Å². The van der Waals surface area contributed by atoms with Gasteiger partial charge in [0.1, 0.15) is 0 Å². The standard InChI is InChI=1S/C15H15IN4O4/c16-14-4-3-11(20(22)23)6-13(14)15(21)18-10-7-17-19(8-10)9-12-2-1-5-24-12/h3-4,6-8,12H,1-2,5,9H2,(H,18,21). The number of rotatable bonds is 5. The Labute approximate surface area is 151 Å². The zero-order valence-electron chi connectivity index (χ0n) is 12.6. The lowest BCUT2D eigenvalue weighted by Crippen LogP contribution is -2.15. The lowest BCUT2D eigenvalue weighted by Gasteiger charge is -2.08. The van der Waals surface area contributed by atoms with E-state index in [1.54, 1.807) is 23.1 Å². The summed E-state index contributed by atoms with van der Waals surface area (Å²) in [5.74, 6) is -0.403. The van der Waals surface area contributed by atoms with Crippen LogP contribution in [-0.4, -0.2) is 33.3 Å². The molecule has 1 aliphatic rings. The summed E-state index contributed by atoms with van der Waals surface area (Å²) in [5.41, 5.74) is 0.687. The molecule has 9 heteroatoms. The van der Waals surface area contributed by atoms with Crippen molar-refractivity contribution in [3.8, 4) is 0 Å². The summed E-state index contributed by atoms with van der Waals surface area (Å²) in [4.78, 5) is 22.7. The number of nitro benzene ring substituents is 1. The summed E-state index contributed by atoms with van der Waals surface area (Å²) >= 11 is 1.98.